The Kier molecular flexibility index (Phi) is 8.35. The minimum Gasteiger partial charge on any atom is -0.445 e. The third kappa shape index (κ3) is 6.94. The van der Waals surface area contributed by atoms with E-state index in [1.807, 2.05) is 0 Å². The normalized spacial score (nSPS) is 11.2. The second-order valence-electron chi connectivity index (χ2n) is 6.69. The number of hydrogen-bond donors (Lipinski definition) is 2. The zero-order valence-corrected chi connectivity index (χ0v) is 20.7. The van der Waals surface area contributed by atoms with Gasteiger partial charge in [0.05, 0.1) is 25.7 Å². The molecule has 0 saturated heterocycles. The molecular weight excluding hydrogens is 506 g/mol. The van der Waals surface area contributed by atoms with Crippen LogP contribution in [0.2, 0.25) is 5.02 Å². The molecule has 3 rings (SSSR count). The Hall–Kier alpha value is -2.60. The van der Waals surface area contributed by atoms with Gasteiger partial charge in [0.25, 0.3) is 5.91 Å². The summed E-state index contributed by atoms with van der Waals surface area (Å²) in [7, 11) is -3.42. The Balaban J connectivity index is 1.61. The van der Waals surface area contributed by atoms with Crippen LogP contribution in [0.5, 0.6) is 0 Å². The molecule has 0 radical (unpaired) electrons. The third-order valence-corrected chi connectivity index (χ3v) is 7.76. The number of nitrogens with zero attached hydrogens (tertiary/aromatic N) is 1. The fourth-order valence-corrected chi connectivity index (χ4v) is 5.64. The van der Waals surface area contributed by atoms with Gasteiger partial charge in [0.15, 0.2) is 14.2 Å². The van der Waals surface area contributed by atoms with E-state index in [0.717, 1.165) is 20.8 Å². The summed E-state index contributed by atoms with van der Waals surface area (Å²) in [5.41, 5.74) is 1.51. The number of thioether (sulfide) groups is 1. The van der Waals surface area contributed by atoms with E-state index in [1.165, 1.54) is 47.4 Å². The van der Waals surface area contributed by atoms with Crippen LogP contribution in [0, 0.1) is 0 Å². The third-order valence-electron chi connectivity index (χ3n) is 4.17. The Labute approximate surface area is 204 Å². The Morgan fingerprint density at radius 2 is 2.06 bits per heavy atom. The van der Waals surface area contributed by atoms with Gasteiger partial charge in [-0.1, -0.05) is 36.0 Å². The van der Waals surface area contributed by atoms with E-state index < -0.39 is 21.8 Å². The summed E-state index contributed by atoms with van der Waals surface area (Å²) >= 11 is 9.09. The van der Waals surface area contributed by atoms with Gasteiger partial charge in [-0.2, -0.15) is 0 Å². The monoisotopic (exact) mass is 525 g/mol. The molecule has 2 amide bonds. The molecule has 1 heterocycles. The summed E-state index contributed by atoms with van der Waals surface area (Å²) in [4.78, 5) is 28.6. The van der Waals surface area contributed by atoms with Gasteiger partial charge < -0.3 is 15.4 Å². The molecule has 0 atom stereocenters. The van der Waals surface area contributed by atoms with Gasteiger partial charge in [-0.15, -0.1) is 11.3 Å². The number of ether oxygens (including phenoxy) is 1. The van der Waals surface area contributed by atoms with Gasteiger partial charge in [-0.05, 0) is 36.4 Å². The zero-order valence-electron chi connectivity index (χ0n) is 17.5. The molecule has 0 fully saturated rings. The van der Waals surface area contributed by atoms with E-state index in [1.54, 1.807) is 18.2 Å². The number of hydrogen-bond acceptors (Lipinski definition) is 8. The summed E-state index contributed by atoms with van der Waals surface area (Å²) < 4.78 is 29.8. The van der Waals surface area contributed by atoms with Crippen LogP contribution in [0.15, 0.2) is 58.3 Å². The predicted molar refractivity (Wildman–Crippen MR) is 132 cm³/mol. The molecule has 33 heavy (non-hydrogen) atoms. The van der Waals surface area contributed by atoms with Crippen molar-refractivity contribution in [2.75, 3.05) is 30.5 Å². The first-order valence-corrected chi connectivity index (χ1v) is 13.6. The second-order valence-corrected chi connectivity index (χ2v) is 11.5. The van der Waals surface area contributed by atoms with Gasteiger partial charge in [0.2, 0.25) is 0 Å². The molecule has 0 spiro atoms. The number of halogens is 1. The fourth-order valence-electron chi connectivity index (χ4n) is 2.63. The molecular formula is C21H20ClN3O5S3. The van der Waals surface area contributed by atoms with Crippen LogP contribution >= 0.6 is 34.7 Å². The summed E-state index contributed by atoms with van der Waals surface area (Å²) in [6.07, 6.45) is 2.07. The van der Waals surface area contributed by atoms with Gasteiger partial charge in [-0.25, -0.2) is 18.2 Å². The van der Waals surface area contributed by atoms with Crippen LogP contribution in [-0.4, -0.2) is 50.6 Å². The lowest BCUT2D eigenvalue weighted by atomic mass is 10.2. The standard InChI is InChI=1S/C21H20ClN3O5S3/c1-3-9-30-20(27)23-8-10-31-21-25-17-7-4-13(11-18(17)32-21)24-19(26)15-6-5-14(12-16(15)22)33(2,28)29/h3-7,11-12H,1,8-10H2,2H3,(H,23,27)(H,24,26). The molecule has 0 aliphatic rings. The molecule has 3 aromatic rings. The maximum atomic E-state index is 12.6. The van der Waals surface area contributed by atoms with Crippen molar-refractivity contribution in [2.24, 2.45) is 0 Å². The number of nitrogens with one attached hydrogen (secondary N) is 2. The van der Waals surface area contributed by atoms with E-state index in [9.17, 15) is 18.0 Å². The van der Waals surface area contributed by atoms with Crippen LogP contribution in [-0.2, 0) is 14.6 Å². The first-order valence-electron chi connectivity index (χ1n) is 9.53. The molecule has 2 aromatic carbocycles. The lowest BCUT2D eigenvalue weighted by Crippen LogP contribution is -2.26. The number of amides is 2. The quantitative estimate of drug-likeness (QED) is 0.238. The fraction of sp³-hybridized carbons (Fsp3) is 0.190. The van der Waals surface area contributed by atoms with Crippen molar-refractivity contribution in [3.05, 3.63) is 59.6 Å². The van der Waals surface area contributed by atoms with Crippen LogP contribution in [0.4, 0.5) is 10.5 Å². The van der Waals surface area contributed by atoms with Crippen molar-refractivity contribution in [3.8, 4) is 0 Å². The summed E-state index contributed by atoms with van der Waals surface area (Å²) in [5.74, 6) is 0.169. The first-order chi connectivity index (χ1) is 15.7. The number of alkyl carbamates (subject to hydrolysis) is 1. The highest BCUT2D eigenvalue weighted by Gasteiger charge is 2.15. The lowest BCUT2D eigenvalue weighted by molar-refractivity contribution is 0.102. The summed E-state index contributed by atoms with van der Waals surface area (Å²) in [6.45, 7) is 4.06. The second kappa shape index (κ2) is 11.0. The Morgan fingerprint density at radius 1 is 1.27 bits per heavy atom. The highest BCUT2D eigenvalue weighted by atomic mass is 35.5. The zero-order chi connectivity index (χ0) is 24.0. The topological polar surface area (TPSA) is 114 Å². The molecule has 1 aromatic heterocycles. The number of fused-ring (bicyclic) bond motifs is 1. The number of benzene rings is 2. The molecule has 0 aliphatic heterocycles. The molecule has 8 nitrogen and oxygen atoms in total. The number of sulfone groups is 1. The van der Waals surface area contributed by atoms with Crippen molar-refractivity contribution in [3.63, 3.8) is 0 Å². The number of anilines is 1. The van der Waals surface area contributed by atoms with E-state index in [2.05, 4.69) is 22.2 Å². The number of thiazole rings is 1. The number of carbonyl (C=O) groups is 2. The minimum atomic E-state index is -3.42. The van der Waals surface area contributed by atoms with Gasteiger partial charge in [-0.3, -0.25) is 4.79 Å². The van der Waals surface area contributed by atoms with E-state index in [-0.39, 0.29) is 22.1 Å². The largest absolute Gasteiger partial charge is 0.445 e. The average Bonchev–Trinajstić information content (AvgIpc) is 3.16. The van der Waals surface area contributed by atoms with Crippen LogP contribution in [0.3, 0.4) is 0 Å². The first kappa shape index (κ1) is 25.0. The molecule has 0 unspecified atom stereocenters. The van der Waals surface area contributed by atoms with Crippen LogP contribution in [0.25, 0.3) is 10.2 Å². The van der Waals surface area contributed by atoms with Crippen molar-refractivity contribution in [1.82, 2.24) is 10.3 Å². The molecule has 174 valence electrons. The summed E-state index contributed by atoms with van der Waals surface area (Å²) in [6, 6.07) is 9.32. The van der Waals surface area contributed by atoms with Crippen molar-refractivity contribution in [2.45, 2.75) is 9.24 Å². The average molecular weight is 526 g/mol. The van der Waals surface area contributed by atoms with Crippen LogP contribution in [0.1, 0.15) is 10.4 Å². The number of carbonyl (C=O) groups excluding carboxylic acids is 2. The Bertz CT molecular complexity index is 1310. The number of rotatable bonds is 9. The van der Waals surface area contributed by atoms with E-state index in [4.69, 9.17) is 16.3 Å². The van der Waals surface area contributed by atoms with Crippen molar-refractivity contribution in [1.29, 1.82) is 0 Å². The van der Waals surface area contributed by atoms with Crippen molar-refractivity contribution >= 4 is 72.4 Å². The SMILES string of the molecule is C=CCOC(=O)NCCSc1nc2ccc(NC(=O)c3ccc(S(C)(=O)=O)cc3Cl)cc2s1. The van der Waals surface area contributed by atoms with E-state index in [0.29, 0.717) is 18.0 Å². The smallest absolute Gasteiger partial charge is 0.407 e. The van der Waals surface area contributed by atoms with Gasteiger partial charge >= 0.3 is 6.09 Å². The van der Waals surface area contributed by atoms with Crippen molar-refractivity contribution < 1.29 is 22.7 Å². The maximum absolute atomic E-state index is 12.6. The maximum Gasteiger partial charge on any atom is 0.407 e. The Morgan fingerprint density at radius 3 is 2.76 bits per heavy atom. The number of aromatic nitrogens is 1. The molecule has 0 bridgehead atoms. The predicted octanol–water partition coefficient (Wildman–Crippen LogP) is 4.61. The van der Waals surface area contributed by atoms with E-state index >= 15 is 0 Å². The highest BCUT2D eigenvalue weighted by molar-refractivity contribution is 8.01. The molecule has 12 heteroatoms. The van der Waals surface area contributed by atoms with Crippen LogP contribution < -0.4 is 10.6 Å². The minimum absolute atomic E-state index is 0.0454. The molecule has 0 saturated carbocycles. The molecule has 2 N–H and O–H groups in total. The highest BCUT2D eigenvalue weighted by Crippen LogP contribution is 2.31. The van der Waals surface area contributed by atoms with Gasteiger partial charge in [0, 0.05) is 24.2 Å². The summed E-state index contributed by atoms with van der Waals surface area (Å²) in [5, 5.41) is 5.46. The van der Waals surface area contributed by atoms with Gasteiger partial charge in [0.1, 0.15) is 6.61 Å². The lowest BCUT2D eigenvalue weighted by Gasteiger charge is -2.08. The molecule has 0 aliphatic carbocycles.